The van der Waals surface area contributed by atoms with Crippen molar-refractivity contribution in [1.82, 2.24) is 19.6 Å². The molecule has 1 amide bonds. The fraction of sp³-hybridized carbons (Fsp3) is 0.174. The van der Waals surface area contributed by atoms with Gasteiger partial charge in [-0.2, -0.15) is 10.2 Å². The van der Waals surface area contributed by atoms with Crippen LogP contribution >= 0.6 is 0 Å². The Balaban J connectivity index is 1.40. The Hall–Kier alpha value is -4.34. The predicted octanol–water partition coefficient (Wildman–Crippen LogP) is 4.09. The third kappa shape index (κ3) is 4.79. The third-order valence-corrected chi connectivity index (χ3v) is 5.25. The van der Waals surface area contributed by atoms with Gasteiger partial charge in [0, 0.05) is 23.4 Å². The summed E-state index contributed by atoms with van der Waals surface area (Å²) in [6.45, 7) is 3.86. The highest BCUT2D eigenvalue weighted by atomic mass is 19.1. The molecule has 168 valence electrons. The van der Waals surface area contributed by atoms with Crippen LogP contribution in [0.2, 0.25) is 0 Å². The summed E-state index contributed by atoms with van der Waals surface area (Å²) >= 11 is 0. The van der Waals surface area contributed by atoms with Gasteiger partial charge < -0.3 is 5.32 Å². The fourth-order valence-electron chi connectivity index (χ4n) is 3.55. The molecule has 0 radical (unpaired) electrons. The van der Waals surface area contributed by atoms with Gasteiger partial charge in [-0.1, -0.05) is 30.3 Å². The minimum absolute atomic E-state index is 0.0143. The number of anilines is 1. The maximum absolute atomic E-state index is 13.8. The number of nitro groups is 1. The van der Waals surface area contributed by atoms with Gasteiger partial charge in [0.2, 0.25) is 0 Å². The number of hydrogen-bond donors (Lipinski definition) is 1. The van der Waals surface area contributed by atoms with Crippen molar-refractivity contribution in [3.05, 3.63) is 105 Å². The molecule has 2 heterocycles. The van der Waals surface area contributed by atoms with E-state index in [1.165, 1.54) is 6.07 Å². The van der Waals surface area contributed by atoms with Gasteiger partial charge in [0.05, 0.1) is 18.0 Å². The van der Waals surface area contributed by atoms with Crippen LogP contribution in [0.3, 0.4) is 0 Å². The van der Waals surface area contributed by atoms with Crippen molar-refractivity contribution in [2.75, 3.05) is 5.32 Å². The zero-order chi connectivity index (χ0) is 23.5. The quantitative estimate of drug-likeness (QED) is 0.338. The van der Waals surface area contributed by atoms with Crippen LogP contribution in [0.25, 0.3) is 0 Å². The maximum Gasteiger partial charge on any atom is 0.312 e. The van der Waals surface area contributed by atoms with Crippen molar-refractivity contribution in [3.63, 3.8) is 0 Å². The molecule has 2 aromatic heterocycles. The molecule has 0 aliphatic heterocycles. The molecule has 0 spiro atoms. The number of nitrogens with zero attached hydrogens (tertiary/aromatic N) is 5. The predicted molar refractivity (Wildman–Crippen MR) is 120 cm³/mol. The SMILES string of the molecule is Cc1nn(Cc2ccc(C(=O)Nc3ccn(Cc4ccccc4F)n3)cc2)c(C)c1[N+](=O)[O-]. The van der Waals surface area contributed by atoms with E-state index in [-0.39, 0.29) is 24.0 Å². The van der Waals surface area contributed by atoms with Crippen LogP contribution in [0.5, 0.6) is 0 Å². The Morgan fingerprint density at radius 3 is 2.45 bits per heavy atom. The Labute approximate surface area is 188 Å². The highest BCUT2D eigenvalue weighted by Crippen LogP contribution is 2.22. The largest absolute Gasteiger partial charge is 0.312 e. The lowest BCUT2D eigenvalue weighted by molar-refractivity contribution is -0.386. The van der Waals surface area contributed by atoms with Crippen LogP contribution < -0.4 is 5.32 Å². The van der Waals surface area contributed by atoms with Crippen molar-refractivity contribution in [2.24, 2.45) is 0 Å². The molecule has 4 rings (SSSR count). The standard InChI is InChI=1S/C23H21FN6O3/c1-15-22(30(32)33)16(2)29(26-15)13-17-7-9-18(10-8-17)23(31)25-21-11-12-28(27-21)14-19-5-3-4-6-20(19)24/h3-12H,13-14H2,1-2H3,(H,25,27,31). The first-order chi connectivity index (χ1) is 15.8. The number of aromatic nitrogens is 4. The van der Waals surface area contributed by atoms with Crippen LogP contribution in [-0.4, -0.2) is 30.4 Å². The van der Waals surface area contributed by atoms with Gasteiger partial charge in [0.15, 0.2) is 5.82 Å². The average Bonchev–Trinajstić information content (AvgIpc) is 3.33. The van der Waals surface area contributed by atoms with Crippen LogP contribution in [0.4, 0.5) is 15.9 Å². The van der Waals surface area contributed by atoms with E-state index in [9.17, 15) is 19.3 Å². The smallest absolute Gasteiger partial charge is 0.305 e. The minimum atomic E-state index is -0.431. The molecule has 0 saturated heterocycles. The summed E-state index contributed by atoms with van der Waals surface area (Å²) in [6.07, 6.45) is 1.67. The minimum Gasteiger partial charge on any atom is -0.305 e. The number of carbonyl (C=O) groups excluding carboxylic acids is 1. The lowest BCUT2D eigenvalue weighted by Crippen LogP contribution is -2.13. The monoisotopic (exact) mass is 448 g/mol. The van der Waals surface area contributed by atoms with E-state index in [1.807, 2.05) is 0 Å². The lowest BCUT2D eigenvalue weighted by atomic mass is 10.1. The first-order valence-electron chi connectivity index (χ1n) is 10.2. The second-order valence-corrected chi connectivity index (χ2v) is 7.58. The molecule has 33 heavy (non-hydrogen) atoms. The molecule has 0 aliphatic carbocycles. The van der Waals surface area contributed by atoms with Crippen molar-refractivity contribution in [2.45, 2.75) is 26.9 Å². The molecular formula is C23H21FN6O3. The van der Waals surface area contributed by atoms with E-state index in [1.54, 1.807) is 77.9 Å². The first-order valence-corrected chi connectivity index (χ1v) is 10.2. The zero-order valence-electron chi connectivity index (χ0n) is 18.0. The summed E-state index contributed by atoms with van der Waals surface area (Å²) in [5.74, 6) is -0.288. The molecule has 10 heteroatoms. The van der Waals surface area contributed by atoms with E-state index in [4.69, 9.17) is 0 Å². The van der Waals surface area contributed by atoms with E-state index < -0.39 is 4.92 Å². The van der Waals surface area contributed by atoms with Gasteiger partial charge in [0.1, 0.15) is 17.2 Å². The number of amides is 1. The number of halogens is 1. The van der Waals surface area contributed by atoms with Crippen molar-refractivity contribution in [3.8, 4) is 0 Å². The lowest BCUT2D eigenvalue weighted by Gasteiger charge is -2.06. The number of benzene rings is 2. The Bertz CT molecular complexity index is 1330. The van der Waals surface area contributed by atoms with E-state index in [0.29, 0.717) is 34.9 Å². The summed E-state index contributed by atoms with van der Waals surface area (Å²) in [5, 5.41) is 22.4. The topological polar surface area (TPSA) is 108 Å². The van der Waals surface area contributed by atoms with Crippen LogP contribution in [-0.2, 0) is 13.1 Å². The van der Waals surface area contributed by atoms with Gasteiger partial charge >= 0.3 is 5.69 Å². The second-order valence-electron chi connectivity index (χ2n) is 7.58. The van der Waals surface area contributed by atoms with Gasteiger partial charge in [-0.25, -0.2) is 4.39 Å². The molecular weight excluding hydrogens is 427 g/mol. The molecule has 0 unspecified atom stereocenters. The van der Waals surface area contributed by atoms with Crippen molar-refractivity contribution < 1.29 is 14.1 Å². The average molecular weight is 448 g/mol. The molecule has 0 atom stereocenters. The fourth-order valence-corrected chi connectivity index (χ4v) is 3.55. The zero-order valence-corrected chi connectivity index (χ0v) is 18.0. The summed E-state index contributed by atoms with van der Waals surface area (Å²) in [7, 11) is 0. The molecule has 4 aromatic rings. The van der Waals surface area contributed by atoms with E-state index in [0.717, 1.165) is 5.56 Å². The Kier molecular flexibility index (Phi) is 5.99. The Morgan fingerprint density at radius 2 is 1.79 bits per heavy atom. The molecule has 1 N–H and O–H groups in total. The van der Waals surface area contributed by atoms with Gasteiger partial charge in [-0.3, -0.25) is 24.3 Å². The maximum atomic E-state index is 13.8. The van der Waals surface area contributed by atoms with Crippen LogP contribution in [0, 0.1) is 29.8 Å². The number of nitrogens with one attached hydrogen (secondary N) is 1. The van der Waals surface area contributed by atoms with Crippen molar-refractivity contribution in [1.29, 1.82) is 0 Å². The third-order valence-electron chi connectivity index (χ3n) is 5.25. The van der Waals surface area contributed by atoms with Crippen LogP contribution in [0.1, 0.15) is 32.9 Å². The second kappa shape index (κ2) is 9.03. The normalized spacial score (nSPS) is 10.9. The summed E-state index contributed by atoms with van der Waals surface area (Å²) in [6, 6.07) is 15.0. The summed E-state index contributed by atoms with van der Waals surface area (Å²) in [4.78, 5) is 23.3. The molecule has 9 nitrogen and oxygen atoms in total. The molecule has 0 bridgehead atoms. The number of hydrogen-bond acceptors (Lipinski definition) is 5. The molecule has 2 aromatic carbocycles. The molecule has 0 fully saturated rings. The van der Waals surface area contributed by atoms with E-state index >= 15 is 0 Å². The van der Waals surface area contributed by atoms with Crippen LogP contribution in [0.15, 0.2) is 60.8 Å². The first kappa shape index (κ1) is 21.9. The number of carbonyl (C=O) groups is 1. The highest BCUT2D eigenvalue weighted by molar-refractivity contribution is 6.03. The summed E-state index contributed by atoms with van der Waals surface area (Å²) < 4.78 is 16.9. The van der Waals surface area contributed by atoms with Gasteiger partial charge in [-0.15, -0.1) is 0 Å². The van der Waals surface area contributed by atoms with Gasteiger partial charge in [0.25, 0.3) is 5.91 Å². The van der Waals surface area contributed by atoms with E-state index in [2.05, 4.69) is 15.5 Å². The number of aryl methyl sites for hydroxylation is 1. The number of rotatable bonds is 7. The van der Waals surface area contributed by atoms with Gasteiger partial charge in [-0.05, 0) is 37.6 Å². The Morgan fingerprint density at radius 1 is 1.06 bits per heavy atom. The highest BCUT2D eigenvalue weighted by Gasteiger charge is 2.21. The molecule has 0 saturated carbocycles. The molecule has 0 aliphatic rings. The van der Waals surface area contributed by atoms with Crippen molar-refractivity contribution >= 4 is 17.4 Å². The summed E-state index contributed by atoms with van der Waals surface area (Å²) in [5.41, 5.74) is 2.64.